The molecule has 108 valence electrons. The van der Waals surface area contributed by atoms with E-state index in [0.29, 0.717) is 6.04 Å². The van der Waals surface area contributed by atoms with Crippen LogP contribution in [0.2, 0.25) is 0 Å². The van der Waals surface area contributed by atoms with E-state index in [2.05, 4.69) is 42.8 Å². The Balaban J connectivity index is 2.13. The van der Waals surface area contributed by atoms with Gasteiger partial charge in [0.1, 0.15) is 0 Å². The fourth-order valence-electron chi connectivity index (χ4n) is 2.53. The average molecular weight is 265 g/mol. The van der Waals surface area contributed by atoms with E-state index in [1.165, 1.54) is 18.5 Å². The van der Waals surface area contributed by atoms with E-state index in [0.717, 1.165) is 24.8 Å². The number of nitrogens with zero attached hydrogens (tertiary/aromatic N) is 2. The van der Waals surface area contributed by atoms with Crippen molar-refractivity contribution in [3.63, 3.8) is 0 Å². The maximum absolute atomic E-state index is 5.50. The first kappa shape index (κ1) is 14.4. The van der Waals surface area contributed by atoms with E-state index in [4.69, 9.17) is 4.74 Å². The molecule has 0 aliphatic heterocycles. The molecule has 0 atom stereocenters. The average Bonchev–Trinajstić information content (AvgIpc) is 3.04. The molecule has 1 aromatic rings. The van der Waals surface area contributed by atoms with Crippen molar-refractivity contribution < 1.29 is 4.74 Å². The Bertz CT molecular complexity index is 419. The summed E-state index contributed by atoms with van der Waals surface area (Å²) in [7, 11) is 1.73. The minimum atomic E-state index is 0.0635. The van der Waals surface area contributed by atoms with Crippen molar-refractivity contribution in [2.24, 2.45) is 0 Å². The molecule has 1 aliphatic rings. The fraction of sp³-hybridized carbons (Fsp3) is 0.800. The van der Waals surface area contributed by atoms with Crippen LogP contribution in [-0.2, 0) is 5.41 Å². The standard InChI is InChI=1S/C15H27N3O/c1-11(2)18-14(13(19-5)10-17-18)15(3,4)8-9-16-12-6-7-12/h10-12,16H,6-9H2,1-5H3. The van der Waals surface area contributed by atoms with Crippen LogP contribution >= 0.6 is 0 Å². The first-order valence-electron chi connectivity index (χ1n) is 7.31. The van der Waals surface area contributed by atoms with Gasteiger partial charge in [0.25, 0.3) is 0 Å². The van der Waals surface area contributed by atoms with Gasteiger partial charge in [-0.15, -0.1) is 0 Å². The first-order chi connectivity index (χ1) is 8.95. The highest BCUT2D eigenvalue weighted by Crippen LogP contribution is 2.35. The highest BCUT2D eigenvalue weighted by Gasteiger charge is 2.30. The van der Waals surface area contributed by atoms with Crippen molar-refractivity contribution in [3.05, 3.63) is 11.9 Å². The third kappa shape index (κ3) is 3.30. The van der Waals surface area contributed by atoms with Crippen molar-refractivity contribution in [2.45, 2.75) is 64.5 Å². The second-order valence-corrected chi connectivity index (χ2v) is 6.46. The molecule has 4 nitrogen and oxygen atoms in total. The van der Waals surface area contributed by atoms with Gasteiger partial charge in [0.2, 0.25) is 0 Å². The van der Waals surface area contributed by atoms with Crippen LogP contribution in [0.3, 0.4) is 0 Å². The monoisotopic (exact) mass is 265 g/mol. The highest BCUT2D eigenvalue weighted by molar-refractivity contribution is 5.32. The number of methoxy groups -OCH3 is 1. The number of hydrogen-bond donors (Lipinski definition) is 1. The van der Waals surface area contributed by atoms with Gasteiger partial charge in [-0.2, -0.15) is 5.10 Å². The van der Waals surface area contributed by atoms with Gasteiger partial charge >= 0.3 is 0 Å². The van der Waals surface area contributed by atoms with E-state index in [1.54, 1.807) is 7.11 Å². The molecule has 19 heavy (non-hydrogen) atoms. The van der Waals surface area contributed by atoms with Crippen molar-refractivity contribution in [1.82, 2.24) is 15.1 Å². The summed E-state index contributed by atoms with van der Waals surface area (Å²) in [6.45, 7) is 9.94. The zero-order valence-electron chi connectivity index (χ0n) is 12.9. The van der Waals surface area contributed by atoms with E-state index in [9.17, 15) is 0 Å². The fourth-order valence-corrected chi connectivity index (χ4v) is 2.53. The SMILES string of the molecule is COc1cnn(C(C)C)c1C(C)(C)CCNC1CC1. The molecule has 1 fully saturated rings. The van der Waals surface area contributed by atoms with Gasteiger partial charge in [-0.3, -0.25) is 4.68 Å². The summed E-state index contributed by atoms with van der Waals surface area (Å²) in [6, 6.07) is 1.13. The molecule has 0 spiro atoms. The molecule has 1 saturated carbocycles. The van der Waals surface area contributed by atoms with E-state index >= 15 is 0 Å². The molecular formula is C15H27N3O. The highest BCUT2D eigenvalue weighted by atomic mass is 16.5. The molecule has 1 N–H and O–H groups in total. The lowest BCUT2D eigenvalue weighted by molar-refractivity contribution is 0.355. The minimum absolute atomic E-state index is 0.0635. The van der Waals surface area contributed by atoms with Gasteiger partial charge in [0.05, 0.1) is 19.0 Å². The minimum Gasteiger partial charge on any atom is -0.493 e. The normalized spacial score (nSPS) is 16.1. The molecule has 0 bridgehead atoms. The summed E-state index contributed by atoms with van der Waals surface area (Å²) in [4.78, 5) is 0. The van der Waals surface area contributed by atoms with E-state index in [-0.39, 0.29) is 5.41 Å². The molecule has 0 radical (unpaired) electrons. The van der Waals surface area contributed by atoms with Gasteiger partial charge in [0, 0.05) is 17.5 Å². The molecule has 0 aromatic carbocycles. The van der Waals surface area contributed by atoms with Gasteiger partial charge in [-0.05, 0) is 39.7 Å². The summed E-state index contributed by atoms with van der Waals surface area (Å²) in [5, 5.41) is 8.07. The lowest BCUT2D eigenvalue weighted by Crippen LogP contribution is -2.29. The number of rotatable bonds is 7. The van der Waals surface area contributed by atoms with Crippen LogP contribution in [0.1, 0.15) is 58.7 Å². The second-order valence-electron chi connectivity index (χ2n) is 6.46. The molecule has 0 amide bonds. The Labute approximate surface area is 116 Å². The quantitative estimate of drug-likeness (QED) is 0.824. The Hall–Kier alpha value is -1.03. The second kappa shape index (κ2) is 5.53. The van der Waals surface area contributed by atoms with Crippen molar-refractivity contribution >= 4 is 0 Å². The Morgan fingerprint density at radius 2 is 2.16 bits per heavy atom. The topological polar surface area (TPSA) is 39.1 Å². The van der Waals surface area contributed by atoms with Gasteiger partial charge < -0.3 is 10.1 Å². The first-order valence-corrected chi connectivity index (χ1v) is 7.31. The predicted molar refractivity (Wildman–Crippen MR) is 77.8 cm³/mol. The van der Waals surface area contributed by atoms with Gasteiger partial charge in [-0.1, -0.05) is 13.8 Å². The Morgan fingerprint density at radius 1 is 1.47 bits per heavy atom. The summed E-state index contributed by atoms with van der Waals surface area (Å²) < 4.78 is 7.59. The number of hydrogen-bond acceptors (Lipinski definition) is 3. The summed E-state index contributed by atoms with van der Waals surface area (Å²) in [6.07, 6.45) is 5.62. The van der Waals surface area contributed by atoms with Crippen LogP contribution in [0, 0.1) is 0 Å². The lowest BCUT2D eigenvalue weighted by Gasteiger charge is -2.28. The van der Waals surface area contributed by atoms with E-state index < -0.39 is 0 Å². The largest absolute Gasteiger partial charge is 0.493 e. The molecule has 0 unspecified atom stereocenters. The van der Waals surface area contributed by atoms with Crippen LogP contribution in [0.4, 0.5) is 0 Å². The lowest BCUT2D eigenvalue weighted by atomic mass is 9.84. The number of nitrogens with one attached hydrogen (secondary N) is 1. The maximum Gasteiger partial charge on any atom is 0.160 e. The van der Waals surface area contributed by atoms with Crippen LogP contribution in [0.15, 0.2) is 6.20 Å². The summed E-state index contributed by atoms with van der Waals surface area (Å²) in [5.41, 5.74) is 1.27. The van der Waals surface area contributed by atoms with Crippen LogP contribution in [-0.4, -0.2) is 29.5 Å². The van der Waals surface area contributed by atoms with Gasteiger partial charge in [0.15, 0.2) is 5.75 Å². The molecule has 2 rings (SSSR count). The molecule has 4 heteroatoms. The zero-order valence-corrected chi connectivity index (χ0v) is 12.9. The molecular weight excluding hydrogens is 238 g/mol. The predicted octanol–water partition coefficient (Wildman–Crippen LogP) is 2.89. The Morgan fingerprint density at radius 3 is 2.68 bits per heavy atom. The van der Waals surface area contributed by atoms with Gasteiger partial charge in [-0.25, -0.2) is 0 Å². The number of aromatic nitrogens is 2. The Kier molecular flexibility index (Phi) is 4.19. The van der Waals surface area contributed by atoms with Crippen LogP contribution < -0.4 is 10.1 Å². The third-order valence-corrected chi connectivity index (χ3v) is 3.87. The van der Waals surface area contributed by atoms with Crippen molar-refractivity contribution in [2.75, 3.05) is 13.7 Å². The molecule has 1 aromatic heterocycles. The van der Waals surface area contributed by atoms with Crippen molar-refractivity contribution in [3.8, 4) is 5.75 Å². The van der Waals surface area contributed by atoms with Crippen LogP contribution in [0.5, 0.6) is 5.75 Å². The summed E-state index contributed by atoms with van der Waals surface area (Å²) in [5.74, 6) is 0.908. The maximum atomic E-state index is 5.50. The van der Waals surface area contributed by atoms with E-state index in [1.807, 2.05) is 6.20 Å². The molecule has 1 aliphatic carbocycles. The summed E-state index contributed by atoms with van der Waals surface area (Å²) >= 11 is 0. The van der Waals surface area contributed by atoms with Crippen LogP contribution in [0.25, 0.3) is 0 Å². The smallest absolute Gasteiger partial charge is 0.160 e. The molecule has 1 heterocycles. The van der Waals surface area contributed by atoms with Crippen molar-refractivity contribution in [1.29, 1.82) is 0 Å². The molecule has 0 saturated heterocycles. The number of ether oxygens (including phenoxy) is 1. The zero-order chi connectivity index (χ0) is 14.0. The third-order valence-electron chi connectivity index (χ3n) is 3.87.